The minimum atomic E-state index is 0.539. The zero-order valence-electron chi connectivity index (χ0n) is 12.9. The third-order valence-corrected chi connectivity index (χ3v) is 3.62. The molecule has 0 spiro atoms. The number of fused-ring (bicyclic) bond motifs is 1. The first-order valence-corrected chi connectivity index (χ1v) is 7.69. The predicted octanol–water partition coefficient (Wildman–Crippen LogP) is 3.71. The summed E-state index contributed by atoms with van der Waals surface area (Å²) < 4.78 is 0. The Morgan fingerprint density at radius 1 is 0.875 bits per heavy atom. The van der Waals surface area contributed by atoms with Crippen molar-refractivity contribution in [3.63, 3.8) is 0 Å². The fourth-order valence-corrected chi connectivity index (χ4v) is 2.44. The number of anilines is 3. The quantitative estimate of drug-likeness (QED) is 0.523. The number of aromatic nitrogens is 4. The summed E-state index contributed by atoms with van der Waals surface area (Å²) in [6.07, 6.45) is 1.62. The molecule has 4 rings (SSSR count). The van der Waals surface area contributed by atoms with E-state index >= 15 is 0 Å². The number of aromatic amines is 1. The van der Waals surface area contributed by atoms with Crippen LogP contribution >= 0.6 is 0 Å². The molecule has 0 unspecified atom stereocenters. The van der Waals surface area contributed by atoms with Crippen molar-refractivity contribution in [3.05, 3.63) is 72.6 Å². The molecule has 24 heavy (non-hydrogen) atoms. The Balaban J connectivity index is 1.62. The smallest absolute Gasteiger partial charge is 0.227 e. The van der Waals surface area contributed by atoms with Crippen molar-refractivity contribution < 1.29 is 0 Å². The van der Waals surface area contributed by atoms with Crippen molar-refractivity contribution in [2.24, 2.45) is 0 Å². The number of benzene rings is 2. The maximum Gasteiger partial charge on any atom is 0.227 e. The van der Waals surface area contributed by atoms with Crippen molar-refractivity contribution in [2.45, 2.75) is 6.54 Å². The van der Waals surface area contributed by atoms with Crippen LogP contribution in [0.15, 0.2) is 67.0 Å². The highest BCUT2D eigenvalue weighted by molar-refractivity contribution is 5.86. The van der Waals surface area contributed by atoms with Gasteiger partial charge in [0.15, 0.2) is 11.5 Å². The lowest BCUT2D eigenvalue weighted by molar-refractivity contribution is 1.07. The van der Waals surface area contributed by atoms with Crippen molar-refractivity contribution in [3.8, 4) is 0 Å². The van der Waals surface area contributed by atoms with Crippen molar-refractivity contribution in [1.82, 2.24) is 19.9 Å². The molecule has 0 aliphatic carbocycles. The molecule has 2 heterocycles. The SMILES string of the molecule is c1ccc(CNc2nc(Nc3ccccc3)c3[nH]cnc3n2)cc1. The third kappa shape index (κ3) is 3.03. The Morgan fingerprint density at radius 2 is 1.62 bits per heavy atom. The second-order valence-electron chi connectivity index (χ2n) is 5.33. The molecule has 0 aliphatic rings. The molecule has 0 atom stereocenters. The van der Waals surface area contributed by atoms with E-state index in [4.69, 9.17) is 0 Å². The Morgan fingerprint density at radius 3 is 2.42 bits per heavy atom. The highest BCUT2D eigenvalue weighted by Gasteiger charge is 2.10. The zero-order chi connectivity index (χ0) is 16.2. The van der Waals surface area contributed by atoms with Crippen LogP contribution in [0.3, 0.4) is 0 Å². The Kier molecular flexibility index (Phi) is 3.77. The molecule has 4 aromatic rings. The summed E-state index contributed by atoms with van der Waals surface area (Å²) >= 11 is 0. The maximum absolute atomic E-state index is 4.58. The average molecular weight is 316 g/mol. The van der Waals surface area contributed by atoms with Gasteiger partial charge in [-0.2, -0.15) is 9.97 Å². The van der Waals surface area contributed by atoms with Crippen LogP contribution in [0.4, 0.5) is 17.5 Å². The molecule has 0 bridgehead atoms. The summed E-state index contributed by atoms with van der Waals surface area (Å²) in [7, 11) is 0. The molecule has 0 saturated heterocycles. The van der Waals surface area contributed by atoms with Gasteiger partial charge in [0, 0.05) is 12.2 Å². The number of imidazole rings is 1. The highest BCUT2D eigenvalue weighted by atomic mass is 15.2. The first-order valence-electron chi connectivity index (χ1n) is 7.69. The largest absolute Gasteiger partial charge is 0.350 e. The predicted molar refractivity (Wildman–Crippen MR) is 95.2 cm³/mol. The van der Waals surface area contributed by atoms with Crippen LogP contribution < -0.4 is 10.6 Å². The van der Waals surface area contributed by atoms with Crippen LogP contribution in [0.2, 0.25) is 0 Å². The molecule has 2 aromatic carbocycles. The number of para-hydroxylation sites is 1. The number of rotatable bonds is 5. The molecule has 3 N–H and O–H groups in total. The van der Waals surface area contributed by atoms with Crippen molar-refractivity contribution in [1.29, 1.82) is 0 Å². The third-order valence-electron chi connectivity index (χ3n) is 3.62. The molecule has 0 saturated carbocycles. The number of hydrogen-bond acceptors (Lipinski definition) is 5. The Bertz CT molecular complexity index is 934. The molecule has 6 heteroatoms. The van der Waals surface area contributed by atoms with Gasteiger partial charge in [0.25, 0.3) is 0 Å². The first kappa shape index (κ1) is 14.2. The van der Waals surface area contributed by atoms with Crippen molar-refractivity contribution in [2.75, 3.05) is 10.6 Å². The molecule has 0 aliphatic heterocycles. The maximum atomic E-state index is 4.58. The lowest BCUT2D eigenvalue weighted by Crippen LogP contribution is -2.06. The van der Waals surface area contributed by atoms with Crippen LogP contribution in [-0.4, -0.2) is 19.9 Å². The van der Waals surface area contributed by atoms with E-state index in [1.54, 1.807) is 6.33 Å². The molecular formula is C18H16N6. The fourth-order valence-electron chi connectivity index (χ4n) is 2.44. The van der Waals surface area contributed by atoms with Gasteiger partial charge in [-0.05, 0) is 17.7 Å². The Labute approximate surface area is 139 Å². The molecule has 6 nitrogen and oxygen atoms in total. The highest BCUT2D eigenvalue weighted by Crippen LogP contribution is 2.22. The topological polar surface area (TPSA) is 78.5 Å². The number of hydrogen-bond donors (Lipinski definition) is 3. The molecule has 118 valence electrons. The molecule has 0 radical (unpaired) electrons. The van der Waals surface area contributed by atoms with Crippen LogP contribution in [0.25, 0.3) is 11.2 Å². The van der Waals surface area contributed by atoms with Gasteiger partial charge in [0.2, 0.25) is 5.95 Å². The van der Waals surface area contributed by atoms with Gasteiger partial charge >= 0.3 is 0 Å². The number of nitrogens with one attached hydrogen (secondary N) is 3. The molecular weight excluding hydrogens is 300 g/mol. The molecule has 0 amide bonds. The fraction of sp³-hybridized carbons (Fsp3) is 0.0556. The standard InChI is InChI=1S/C18H16N6/c1-3-7-13(8-4-1)11-19-18-23-16-15(20-12-21-16)17(24-18)22-14-9-5-2-6-10-14/h1-10,12H,11H2,(H3,19,20,21,22,23,24). The lowest BCUT2D eigenvalue weighted by Gasteiger charge is -2.09. The Hall–Kier alpha value is -3.41. The van der Waals surface area contributed by atoms with Gasteiger partial charge in [0.1, 0.15) is 5.52 Å². The summed E-state index contributed by atoms with van der Waals surface area (Å²) in [6, 6.07) is 20.0. The number of H-pyrrole nitrogens is 1. The van der Waals surface area contributed by atoms with E-state index in [-0.39, 0.29) is 0 Å². The first-order chi connectivity index (χ1) is 11.9. The van der Waals surface area contributed by atoms with Gasteiger partial charge in [-0.25, -0.2) is 4.98 Å². The average Bonchev–Trinajstić information content (AvgIpc) is 3.11. The van der Waals surface area contributed by atoms with E-state index < -0.39 is 0 Å². The van der Waals surface area contributed by atoms with Gasteiger partial charge in [-0.3, -0.25) is 0 Å². The van der Waals surface area contributed by atoms with E-state index in [0.717, 1.165) is 11.2 Å². The van der Waals surface area contributed by atoms with Crippen LogP contribution in [0.5, 0.6) is 0 Å². The van der Waals surface area contributed by atoms with Gasteiger partial charge in [-0.15, -0.1) is 0 Å². The molecule has 0 fully saturated rings. The van der Waals surface area contributed by atoms with Crippen LogP contribution in [0.1, 0.15) is 5.56 Å². The van der Waals surface area contributed by atoms with Gasteiger partial charge in [-0.1, -0.05) is 48.5 Å². The van der Waals surface area contributed by atoms with Crippen LogP contribution in [-0.2, 0) is 6.54 Å². The van der Waals surface area contributed by atoms with E-state index in [9.17, 15) is 0 Å². The van der Waals surface area contributed by atoms with Gasteiger partial charge < -0.3 is 15.6 Å². The van der Waals surface area contributed by atoms with E-state index in [0.29, 0.717) is 24.0 Å². The minimum absolute atomic E-state index is 0.539. The second kappa shape index (κ2) is 6.37. The molecule has 2 aromatic heterocycles. The minimum Gasteiger partial charge on any atom is -0.350 e. The normalized spacial score (nSPS) is 10.7. The van der Waals surface area contributed by atoms with Crippen LogP contribution in [0, 0.1) is 0 Å². The van der Waals surface area contributed by atoms with E-state index in [2.05, 4.69) is 42.7 Å². The van der Waals surface area contributed by atoms with E-state index in [1.807, 2.05) is 48.5 Å². The lowest BCUT2D eigenvalue weighted by atomic mass is 10.2. The summed E-state index contributed by atoms with van der Waals surface area (Å²) in [5.74, 6) is 1.23. The van der Waals surface area contributed by atoms with Gasteiger partial charge in [0.05, 0.1) is 6.33 Å². The number of nitrogens with zero attached hydrogens (tertiary/aromatic N) is 3. The summed E-state index contributed by atoms with van der Waals surface area (Å²) in [4.78, 5) is 16.4. The summed E-state index contributed by atoms with van der Waals surface area (Å²) in [5.41, 5.74) is 3.53. The summed E-state index contributed by atoms with van der Waals surface area (Å²) in [5, 5.41) is 6.56. The summed E-state index contributed by atoms with van der Waals surface area (Å²) in [6.45, 7) is 0.654. The zero-order valence-corrected chi connectivity index (χ0v) is 12.9. The monoisotopic (exact) mass is 316 g/mol. The van der Waals surface area contributed by atoms with E-state index in [1.165, 1.54) is 5.56 Å². The van der Waals surface area contributed by atoms with Crippen molar-refractivity contribution >= 4 is 28.6 Å². The second-order valence-corrected chi connectivity index (χ2v) is 5.33.